The second-order valence-electron chi connectivity index (χ2n) is 8.51. The van der Waals surface area contributed by atoms with Gasteiger partial charge < -0.3 is 15.1 Å². The number of likely N-dealkylation sites (N-methyl/N-ethyl adjacent to an activating group) is 1. The van der Waals surface area contributed by atoms with Crippen molar-refractivity contribution in [3.63, 3.8) is 0 Å². The van der Waals surface area contributed by atoms with Crippen molar-refractivity contribution >= 4 is 41.1 Å². The SMILES string of the molecule is CN(C)C(=O)[C@@H]1CCCN1C(=O)CNc1cccc2c1C(=O)N(C1CCC(=O)NC1=O)C2=O. The number of hydrogen-bond donors (Lipinski definition) is 2. The van der Waals surface area contributed by atoms with Crippen LogP contribution in [0.5, 0.6) is 0 Å². The zero-order chi connectivity index (χ0) is 23.9. The fourth-order valence-electron chi connectivity index (χ4n) is 4.55. The van der Waals surface area contributed by atoms with E-state index in [0.717, 1.165) is 11.3 Å². The fourth-order valence-corrected chi connectivity index (χ4v) is 4.55. The number of nitrogens with one attached hydrogen (secondary N) is 2. The minimum absolute atomic E-state index is 0.0338. The number of carbonyl (C=O) groups is 6. The van der Waals surface area contributed by atoms with Gasteiger partial charge in [0.05, 0.1) is 17.7 Å². The van der Waals surface area contributed by atoms with E-state index in [9.17, 15) is 28.8 Å². The molecule has 0 aliphatic carbocycles. The molecule has 1 aromatic rings. The average Bonchev–Trinajstić information content (AvgIpc) is 3.36. The van der Waals surface area contributed by atoms with Crippen LogP contribution in [0.3, 0.4) is 0 Å². The fraction of sp³-hybridized carbons (Fsp3) is 0.455. The van der Waals surface area contributed by atoms with Crippen LogP contribution in [-0.2, 0) is 19.2 Å². The van der Waals surface area contributed by atoms with Crippen molar-refractivity contribution in [2.75, 3.05) is 32.5 Å². The highest BCUT2D eigenvalue weighted by Crippen LogP contribution is 2.32. The topological polar surface area (TPSA) is 136 Å². The van der Waals surface area contributed by atoms with E-state index < -0.39 is 35.7 Å². The molecule has 4 rings (SSSR count). The second-order valence-corrected chi connectivity index (χ2v) is 8.51. The molecule has 174 valence electrons. The van der Waals surface area contributed by atoms with Crippen molar-refractivity contribution in [1.29, 1.82) is 0 Å². The molecule has 2 fully saturated rings. The van der Waals surface area contributed by atoms with E-state index in [4.69, 9.17) is 0 Å². The molecule has 11 nitrogen and oxygen atoms in total. The van der Waals surface area contributed by atoms with Crippen molar-refractivity contribution in [2.45, 2.75) is 37.8 Å². The Balaban J connectivity index is 1.50. The molecule has 33 heavy (non-hydrogen) atoms. The molecule has 0 saturated carbocycles. The number of hydrogen-bond acceptors (Lipinski definition) is 7. The molecular formula is C22H25N5O6. The number of imide groups is 2. The molecule has 1 unspecified atom stereocenters. The molecule has 0 bridgehead atoms. The van der Waals surface area contributed by atoms with Crippen molar-refractivity contribution in [1.82, 2.24) is 20.0 Å². The first-order valence-electron chi connectivity index (χ1n) is 10.8. The van der Waals surface area contributed by atoms with Gasteiger partial charge in [0, 0.05) is 32.7 Å². The number of anilines is 1. The van der Waals surface area contributed by atoms with Crippen molar-refractivity contribution in [3.05, 3.63) is 29.3 Å². The van der Waals surface area contributed by atoms with Gasteiger partial charge in [0.25, 0.3) is 11.8 Å². The molecule has 2 saturated heterocycles. The predicted molar refractivity (Wildman–Crippen MR) is 115 cm³/mol. The van der Waals surface area contributed by atoms with Gasteiger partial charge >= 0.3 is 0 Å². The normalized spacial score (nSPS) is 22.4. The molecule has 3 heterocycles. The molecule has 1 aromatic carbocycles. The Morgan fingerprint density at radius 1 is 1.12 bits per heavy atom. The summed E-state index contributed by atoms with van der Waals surface area (Å²) in [7, 11) is 3.29. The van der Waals surface area contributed by atoms with Crippen LogP contribution in [0.15, 0.2) is 18.2 Å². The van der Waals surface area contributed by atoms with E-state index in [1.54, 1.807) is 26.2 Å². The number of nitrogens with zero attached hydrogens (tertiary/aromatic N) is 3. The number of benzene rings is 1. The second kappa shape index (κ2) is 8.64. The average molecular weight is 455 g/mol. The lowest BCUT2D eigenvalue weighted by Crippen LogP contribution is -2.54. The first-order valence-corrected chi connectivity index (χ1v) is 10.8. The zero-order valence-corrected chi connectivity index (χ0v) is 18.4. The number of rotatable bonds is 5. The van der Waals surface area contributed by atoms with Gasteiger partial charge in [0.2, 0.25) is 23.6 Å². The predicted octanol–water partition coefficient (Wildman–Crippen LogP) is -0.421. The molecule has 0 aromatic heterocycles. The standard InChI is InChI=1S/C22H25N5O6/c1-25(2)21(32)15-7-4-10-26(15)17(29)11-23-13-6-3-5-12-18(13)22(33)27(20(12)31)14-8-9-16(28)24-19(14)30/h3,5-6,14-15,23H,4,7-11H2,1-2H3,(H,24,28,30)/t14?,15-/m0/s1. The van der Waals surface area contributed by atoms with Gasteiger partial charge in [0.15, 0.2) is 0 Å². The van der Waals surface area contributed by atoms with Gasteiger partial charge in [-0.15, -0.1) is 0 Å². The van der Waals surface area contributed by atoms with Crippen LogP contribution in [0.2, 0.25) is 0 Å². The van der Waals surface area contributed by atoms with Crippen molar-refractivity contribution in [2.24, 2.45) is 0 Å². The van der Waals surface area contributed by atoms with Gasteiger partial charge in [-0.2, -0.15) is 0 Å². The van der Waals surface area contributed by atoms with Crippen LogP contribution in [0.25, 0.3) is 0 Å². The Kier molecular flexibility index (Phi) is 5.88. The molecule has 6 amide bonds. The van der Waals surface area contributed by atoms with Gasteiger partial charge in [-0.05, 0) is 31.4 Å². The lowest BCUT2D eigenvalue weighted by molar-refractivity contribution is -0.141. The van der Waals surface area contributed by atoms with E-state index >= 15 is 0 Å². The number of amides is 6. The molecule has 2 atom stereocenters. The summed E-state index contributed by atoms with van der Waals surface area (Å²) in [6.45, 7) is 0.311. The molecule has 11 heteroatoms. The maximum absolute atomic E-state index is 13.1. The maximum Gasteiger partial charge on any atom is 0.264 e. The van der Waals surface area contributed by atoms with Crippen molar-refractivity contribution in [3.8, 4) is 0 Å². The number of likely N-dealkylation sites (tertiary alicyclic amines) is 1. The summed E-state index contributed by atoms with van der Waals surface area (Å²) in [5.41, 5.74) is 0.509. The van der Waals surface area contributed by atoms with Crippen LogP contribution in [0.4, 0.5) is 5.69 Å². The van der Waals surface area contributed by atoms with E-state index in [2.05, 4.69) is 10.6 Å². The largest absolute Gasteiger partial charge is 0.375 e. The Hall–Kier alpha value is -3.76. The summed E-state index contributed by atoms with van der Waals surface area (Å²) in [4.78, 5) is 78.8. The quantitative estimate of drug-likeness (QED) is 0.576. The summed E-state index contributed by atoms with van der Waals surface area (Å²) in [5.74, 6) is -2.82. The van der Waals surface area contributed by atoms with Gasteiger partial charge in [-0.1, -0.05) is 6.07 Å². The van der Waals surface area contributed by atoms with E-state index in [1.807, 2.05) is 0 Å². The van der Waals surface area contributed by atoms with Crippen molar-refractivity contribution < 1.29 is 28.8 Å². The lowest BCUT2D eigenvalue weighted by Gasteiger charge is -2.28. The van der Waals surface area contributed by atoms with Crippen LogP contribution in [-0.4, -0.2) is 89.4 Å². The van der Waals surface area contributed by atoms with E-state index in [1.165, 1.54) is 15.9 Å². The van der Waals surface area contributed by atoms with E-state index in [-0.39, 0.29) is 42.3 Å². The summed E-state index contributed by atoms with van der Waals surface area (Å²) < 4.78 is 0. The third kappa shape index (κ3) is 3.94. The number of carbonyl (C=O) groups excluding carboxylic acids is 6. The molecule has 2 N–H and O–H groups in total. The van der Waals surface area contributed by atoms with Gasteiger partial charge in [-0.25, -0.2) is 0 Å². The number of fused-ring (bicyclic) bond motifs is 1. The highest BCUT2D eigenvalue weighted by atomic mass is 16.2. The molecule has 0 radical (unpaired) electrons. The third-order valence-electron chi connectivity index (χ3n) is 6.20. The first kappa shape index (κ1) is 22.4. The molecular weight excluding hydrogens is 430 g/mol. The minimum atomic E-state index is -1.06. The Labute approximate surface area is 190 Å². The number of piperidine rings is 1. The summed E-state index contributed by atoms with van der Waals surface area (Å²) in [6.07, 6.45) is 1.42. The van der Waals surface area contributed by atoms with Crippen LogP contribution >= 0.6 is 0 Å². The maximum atomic E-state index is 13.1. The summed E-state index contributed by atoms with van der Waals surface area (Å²) in [6, 6.07) is 3.08. The van der Waals surface area contributed by atoms with Crippen LogP contribution in [0, 0.1) is 0 Å². The van der Waals surface area contributed by atoms with Gasteiger partial charge in [0.1, 0.15) is 12.1 Å². The molecule has 3 aliphatic heterocycles. The van der Waals surface area contributed by atoms with E-state index in [0.29, 0.717) is 18.7 Å². The van der Waals surface area contributed by atoms with Gasteiger partial charge in [-0.3, -0.25) is 39.0 Å². The smallest absolute Gasteiger partial charge is 0.264 e. The highest BCUT2D eigenvalue weighted by Gasteiger charge is 2.45. The minimum Gasteiger partial charge on any atom is -0.375 e. The Bertz CT molecular complexity index is 1070. The monoisotopic (exact) mass is 455 g/mol. The lowest BCUT2D eigenvalue weighted by atomic mass is 10.0. The highest BCUT2D eigenvalue weighted by molar-refractivity contribution is 6.25. The molecule has 3 aliphatic rings. The zero-order valence-electron chi connectivity index (χ0n) is 18.4. The Morgan fingerprint density at radius 2 is 1.88 bits per heavy atom. The summed E-state index contributed by atoms with van der Waals surface area (Å²) >= 11 is 0. The molecule has 0 spiro atoms. The Morgan fingerprint density at radius 3 is 2.58 bits per heavy atom. The van der Waals surface area contributed by atoms with Crippen LogP contribution in [0.1, 0.15) is 46.4 Å². The third-order valence-corrected chi connectivity index (χ3v) is 6.20. The summed E-state index contributed by atoms with van der Waals surface area (Å²) in [5, 5.41) is 5.09. The first-order chi connectivity index (χ1) is 15.7. The van der Waals surface area contributed by atoms with Crippen LogP contribution < -0.4 is 10.6 Å².